The van der Waals surface area contributed by atoms with E-state index in [1.807, 2.05) is 11.5 Å². The molecule has 0 unspecified atom stereocenters. The maximum atomic E-state index is 11.6. The highest BCUT2D eigenvalue weighted by Gasteiger charge is 2.21. The zero-order valence-corrected chi connectivity index (χ0v) is 10.8. The van der Waals surface area contributed by atoms with Gasteiger partial charge >= 0.3 is 6.09 Å². The SMILES string of the molecule is C=CCOC(=O)N1CC=C(c2csc(=S)[nH]2)C1. The van der Waals surface area contributed by atoms with Crippen LogP contribution in [0.3, 0.4) is 0 Å². The fourth-order valence-electron chi connectivity index (χ4n) is 1.55. The molecule has 90 valence electrons. The minimum atomic E-state index is -0.315. The smallest absolute Gasteiger partial charge is 0.410 e. The third kappa shape index (κ3) is 2.83. The molecular weight excluding hydrogens is 256 g/mol. The van der Waals surface area contributed by atoms with E-state index in [0.717, 1.165) is 15.2 Å². The van der Waals surface area contributed by atoms with Crippen molar-refractivity contribution in [3.63, 3.8) is 0 Å². The van der Waals surface area contributed by atoms with Gasteiger partial charge < -0.3 is 14.6 Å². The van der Waals surface area contributed by atoms with Gasteiger partial charge in [0.15, 0.2) is 3.95 Å². The Bertz CT molecular complexity index is 516. The number of nitrogens with one attached hydrogen (secondary N) is 1. The number of aromatic nitrogens is 1. The largest absolute Gasteiger partial charge is 0.445 e. The second-order valence-corrected chi connectivity index (χ2v) is 5.08. The van der Waals surface area contributed by atoms with E-state index in [-0.39, 0.29) is 12.7 Å². The highest BCUT2D eigenvalue weighted by Crippen LogP contribution is 2.21. The van der Waals surface area contributed by atoms with E-state index in [4.69, 9.17) is 17.0 Å². The lowest BCUT2D eigenvalue weighted by molar-refractivity contribution is 0.123. The summed E-state index contributed by atoms with van der Waals surface area (Å²) < 4.78 is 5.72. The number of hydrogen-bond acceptors (Lipinski definition) is 4. The molecule has 0 atom stereocenters. The molecule has 0 bridgehead atoms. The number of aromatic amines is 1. The first-order chi connectivity index (χ1) is 8.20. The molecule has 0 aliphatic carbocycles. The predicted octanol–water partition coefficient (Wildman–Crippen LogP) is 2.83. The maximum Gasteiger partial charge on any atom is 0.410 e. The lowest BCUT2D eigenvalue weighted by Gasteiger charge is -2.15. The van der Waals surface area contributed by atoms with Crippen LogP contribution in [0.4, 0.5) is 4.79 Å². The summed E-state index contributed by atoms with van der Waals surface area (Å²) in [4.78, 5) is 16.3. The minimum absolute atomic E-state index is 0.242. The summed E-state index contributed by atoms with van der Waals surface area (Å²) in [6.07, 6.45) is 3.24. The number of nitrogens with zero attached hydrogens (tertiary/aromatic N) is 1. The first kappa shape index (κ1) is 12.1. The van der Waals surface area contributed by atoms with Gasteiger partial charge in [-0.1, -0.05) is 18.7 Å². The van der Waals surface area contributed by atoms with Crippen molar-refractivity contribution in [1.82, 2.24) is 9.88 Å². The molecule has 0 saturated carbocycles. The van der Waals surface area contributed by atoms with Crippen LogP contribution in [-0.2, 0) is 4.74 Å². The molecule has 2 heterocycles. The standard InChI is InChI=1S/C11H12N2O2S2/c1-2-5-15-11(14)13-4-3-8(6-13)9-7-17-10(16)12-9/h2-3,7H,1,4-6H2,(H,12,16). The molecule has 0 fully saturated rings. The van der Waals surface area contributed by atoms with Crippen LogP contribution in [0.5, 0.6) is 0 Å². The number of H-pyrrole nitrogens is 1. The number of carbonyl (C=O) groups excluding carboxylic acids is 1. The molecule has 0 aromatic carbocycles. The first-order valence-corrected chi connectivity index (χ1v) is 6.39. The Morgan fingerprint density at radius 3 is 3.24 bits per heavy atom. The second kappa shape index (κ2) is 5.29. The summed E-state index contributed by atoms with van der Waals surface area (Å²) in [6, 6.07) is 0. The Kier molecular flexibility index (Phi) is 3.75. The molecule has 17 heavy (non-hydrogen) atoms. The number of ether oxygens (including phenoxy) is 1. The van der Waals surface area contributed by atoms with Crippen molar-refractivity contribution in [2.45, 2.75) is 0 Å². The lowest BCUT2D eigenvalue weighted by atomic mass is 10.2. The van der Waals surface area contributed by atoms with Gasteiger partial charge in [0.1, 0.15) is 6.61 Å². The molecule has 1 aromatic heterocycles. The van der Waals surface area contributed by atoms with Gasteiger partial charge in [-0.15, -0.1) is 11.3 Å². The Morgan fingerprint density at radius 1 is 1.76 bits per heavy atom. The van der Waals surface area contributed by atoms with Crippen molar-refractivity contribution in [3.05, 3.63) is 33.8 Å². The van der Waals surface area contributed by atoms with Crippen molar-refractivity contribution >= 4 is 35.2 Å². The average Bonchev–Trinajstić information content (AvgIpc) is 2.93. The first-order valence-electron chi connectivity index (χ1n) is 5.10. The molecule has 2 rings (SSSR count). The molecule has 0 saturated heterocycles. The molecule has 4 nitrogen and oxygen atoms in total. The molecule has 1 amide bonds. The van der Waals surface area contributed by atoms with Crippen LogP contribution in [0, 0.1) is 3.95 Å². The molecule has 0 radical (unpaired) electrons. The fourth-order valence-corrected chi connectivity index (χ4v) is 2.41. The summed E-state index contributed by atoms with van der Waals surface area (Å²) >= 11 is 6.51. The van der Waals surface area contributed by atoms with E-state index in [1.165, 1.54) is 11.3 Å². The summed E-state index contributed by atoms with van der Waals surface area (Å²) in [5.41, 5.74) is 2.06. The Balaban J connectivity index is 1.96. The van der Waals surface area contributed by atoms with Gasteiger partial charge in [-0.3, -0.25) is 0 Å². The van der Waals surface area contributed by atoms with Crippen molar-refractivity contribution in [2.75, 3.05) is 19.7 Å². The van der Waals surface area contributed by atoms with Gasteiger partial charge in [-0.05, 0) is 17.8 Å². The van der Waals surface area contributed by atoms with Crippen LogP contribution in [0.1, 0.15) is 5.69 Å². The molecule has 1 aromatic rings. The van der Waals surface area contributed by atoms with Gasteiger partial charge in [-0.25, -0.2) is 4.79 Å². The lowest BCUT2D eigenvalue weighted by Crippen LogP contribution is -2.29. The average molecular weight is 268 g/mol. The van der Waals surface area contributed by atoms with E-state index < -0.39 is 0 Å². The third-order valence-corrected chi connectivity index (χ3v) is 3.43. The van der Waals surface area contributed by atoms with Crippen LogP contribution >= 0.6 is 23.6 Å². The summed E-state index contributed by atoms with van der Waals surface area (Å²) in [6.45, 7) is 4.87. The van der Waals surface area contributed by atoms with E-state index in [1.54, 1.807) is 11.0 Å². The van der Waals surface area contributed by atoms with Gasteiger partial charge in [0.2, 0.25) is 0 Å². The van der Waals surface area contributed by atoms with E-state index in [0.29, 0.717) is 13.1 Å². The summed E-state index contributed by atoms with van der Waals surface area (Å²) in [7, 11) is 0. The van der Waals surface area contributed by atoms with Gasteiger partial charge in [-0.2, -0.15) is 0 Å². The number of rotatable bonds is 3. The number of carbonyl (C=O) groups is 1. The highest BCUT2D eigenvalue weighted by molar-refractivity contribution is 7.73. The second-order valence-electron chi connectivity index (χ2n) is 3.54. The Hall–Kier alpha value is -1.40. The van der Waals surface area contributed by atoms with Crippen molar-refractivity contribution in [2.24, 2.45) is 0 Å². The van der Waals surface area contributed by atoms with E-state index in [9.17, 15) is 4.79 Å². The van der Waals surface area contributed by atoms with Gasteiger partial charge in [0, 0.05) is 11.9 Å². The molecular formula is C11H12N2O2S2. The molecule has 1 N–H and O–H groups in total. The van der Waals surface area contributed by atoms with Crippen LogP contribution in [-0.4, -0.2) is 35.7 Å². The van der Waals surface area contributed by atoms with Crippen LogP contribution in [0.15, 0.2) is 24.1 Å². The topological polar surface area (TPSA) is 45.3 Å². The zero-order valence-electron chi connectivity index (χ0n) is 9.14. The highest BCUT2D eigenvalue weighted by atomic mass is 32.1. The zero-order chi connectivity index (χ0) is 12.3. The quantitative estimate of drug-likeness (QED) is 0.677. The van der Waals surface area contributed by atoms with Crippen molar-refractivity contribution < 1.29 is 9.53 Å². The van der Waals surface area contributed by atoms with Crippen LogP contribution in [0.25, 0.3) is 5.57 Å². The van der Waals surface area contributed by atoms with Crippen molar-refractivity contribution in [1.29, 1.82) is 0 Å². The number of hydrogen-bond donors (Lipinski definition) is 1. The van der Waals surface area contributed by atoms with Gasteiger partial charge in [0.05, 0.1) is 12.2 Å². The minimum Gasteiger partial charge on any atom is -0.445 e. The van der Waals surface area contributed by atoms with E-state index in [2.05, 4.69) is 11.6 Å². The molecule has 6 heteroatoms. The summed E-state index contributed by atoms with van der Waals surface area (Å²) in [5.74, 6) is 0. The number of thiazole rings is 1. The van der Waals surface area contributed by atoms with Crippen LogP contribution in [0.2, 0.25) is 0 Å². The monoisotopic (exact) mass is 268 g/mol. The number of amides is 1. The maximum absolute atomic E-state index is 11.6. The molecule has 1 aliphatic heterocycles. The van der Waals surface area contributed by atoms with Crippen molar-refractivity contribution in [3.8, 4) is 0 Å². The normalized spacial score (nSPS) is 14.6. The fraction of sp³-hybridized carbons (Fsp3) is 0.273. The molecule has 1 aliphatic rings. The predicted molar refractivity (Wildman–Crippen MR) is 70.6 cm³/mol. The Morgan fingerprint density at radius 2 is 2.59 bits per heavy atom. The molecule has 0 spiro atoms. The van der Waals surface area contributed by atoms with E-state index >= 15 is 0 Å². The van der Waals surface area contributed by atoms with Gasteiger partial charge in [0.25, 0.3) is 0 Å². The third-order valence-electron chi connectivity index (χ3n) is 2.37. The van der Waals surface area contributed by atoms with Crippen LogP contribution < -0.4 is 0 Å². The summed E-state index contributed by atoms with van der Waals surface area (Å²) in [5, 5.41) is 1.97. The Labute approximate surface area is 108 Å².